The van der Waals surface area contributed by atoms with Crippen LogP contribution in [0.15, 0.2) is 125 Å². The Morgan fingerprint density at radius 1 is 0.986 bits per heavy atom. The van der Waals surface area contributed by atoms with Crippen LogP contribution in [0.2, 0.25) is 0 Å². The monoisotopic (exact) mass is 1050 g/mol. The molecule has 0 saturated carbocycles. The highest BCUT2D eigenvalue weighted by molar-refractivity contribution is 8.76. The number of H-pyrrole nitrogens is 1. The summed E-state index contributed by atoms with van der Waals surface area (Å²) < 4.78 is 24.1. The van der Waals surface area contributed by atoms with Crippen molar-refractivity contribution in [3.63, 3.8) is 0 Å². The van der Waals surface area contributed by atoms with Gasteiger partial charge in [-0.1, -0.05) is 89.2 Å². The number of carbonyl (C=O) groups is 3. The van der Waals surface area contributed by atoms with Crippen molar-refractivity contribution in [3.05, 3.63) is 154 Å². The first-order valence-electron chi connectivity index (χ1n) is 24.3. The molecule has 2 fully saturated rings. The number of hydrogen-bond donors (Lipinski definition) is 9. The molecule has 0 spiro atoms. The first-order chi connectivity index (χ1) is 35.7. The molecular weight excluding hydrogens is 989 g/mol. The molecule has 2 saturated heterocycles. The SMILES string of the molecule is CC(CC=Cc1ccccc1CCCNCCc1ccc(O)cc1)C1CNCC2(O)C(Oc3ccc4c(=O)c(-c5ccc(O)cc5)c(C(N)=O)oc4c3)OC(C(=O)O)C(O)C2(C=O)OCSSCC1c1cc[nH]c1. The molecule has 2 aliphatic rings. The smallest absolute Gasteiger partial charge is 0.335 e. The van der Waals surface area contributed by atoms with Crippen LogP contribution in [0.25, 0.3) is 28.2 Å². The number of phenols is 2. The predicted octanol–water partition coefficient (Wildman–Crippen LogP) is 6.38. The minimum Gasteiger partial charge on any atom is -0.508 e. The Balaban J connectivity index is 1.03. The maximum atomic E-state index is 13.9. The summed E-state index contributed by atoms with van der Waals surface area (Å²) in [6.07, 6.45) is 5.41. The van der Waals surface area contributed by atoms with Crippen LogP contribution in [0.1, 0.15) is 58.5 Å². The molecule has 19 heteroatoms. The number of aromatic amines is 1. The second-order valence-corrected chi connectivity index (χ2v) is 21.1. The normalized spacial score (nSPS) is 24.1. The van der Waals surface area contributed by atoms with Crippen molar-refractivity contribution in [2.24, 2.45) is 17.6 Å². The Kier molecular flexibility index (Phi) is 17.7. The van der Waals surface area contributed by atoms with Gasteiger partial charge in [0.2, 0.25) is 17.5 Å². The van der Waals surface area contributed by atoms with Gasteiger partial charge in [-0.2, -0.15) is 0 Å². The number of aromatic hydroxyl groups is 2. The van der Waals surface area contributed by atoms with Gasteiger partial charge in [0, 0.05) is 30.8 Å². The van der Waals surface area contributed by atoms with Crippen LogP contribution >= 0.6 is 21.6 Å². The number of nitrogens with two attached hydrogens (primary N) is 1. The van der Waals surface area contributed by atoms with Crippen LogP contribution in [-0.2, 0) is 31.9 Å². The summed E-state index contributed by atoms with van der Waals surface area (Å²) in [5.74, 6) is -2.87. The lowest BCUT2D eigenvalue weighted by atomic mass is 9.73. The first-order valence-corrected chi connectivity index (χ1v) is 26.8. The molecule has 17 nitrogen and oxygen atoms in total. The van der Waals surface area contributed by atoms with E-state index in [1.807, 2.05) is 42.7 Å². The average Bonchev–Trinajstić information content (AvgIpc) is 3.93. The fourth-order valence-electron chi connectivity index (χ4n) is 9.79. The Bertz CT molecular complexity index is 2970. The van der Waals surface area contributed by atoms with Crippen LogP contribution < -0.4 is 26.5 Å². The van der Waals surface area contributed by atoms with Crippen molar-refractivity contribution in [1.29, 1.82) is 0 Å². The van der Waals surface area contributed by atoms with Crippen molar-refractivity contribution in [1.82, 2.24) is 15.6 Å². The van der Waals surface area contributed by atoms with E-state index in [4.69, 9.17) is 24.4 Å². The van der Waals surface area contributed by atoms with E-state index in [2.05, 4.69) is 46.8 Å². The van der Waals surface area contributed by atoms with Gasteiger partial charge in [0.25, 0.3) is 5.91 Å². The average molecular weight is 1050 g/mol. The number of fused-ring (bicyclic) bond motifs is 2. The van der Waals surface area contributed by atoms with E-state index in [-0.39, 0.29) is 75.9 Å². The van der Waals surface area contributed by atoms with Gasteiger partial charge in [0.1, 0.15) is 34.9 Å². The molecule has 10 N–H and O–H groups in total. The molecule has 8 atom stereocenters. The van der Waals surface area contributed by atoms with E-state index in [0.717, 1.165) is 49.0 Å². The van der Waals surface area contributed by atoms with Crippen molar-refractivity contribution < 1.29 is 58.5 Å². The van der Waals surface area contributed by atoms with Crippen LogP contribution in [-0.4, -0.2) is 116 Å². The summed E-state index contributed by atoms with van der Waals surface area (Å²) in [6.45, 7) is 3.63. The number of phenolic OH excluding ortho intramolecular Hbond substituents is 2. The van der Waals surface area contributed by atoms with Crippen LogP contribution in [0, 0.1) is 11.8 Å². The Morgan fingerprint density at radius 2 is 1.74 bits per heavy atom. The number of carboxylic acids is 1. The highest BCUT2D eigenvalue weighted by Gasteiger charge is 2.69. The van der Waals surface area contributed by atoms with E-state index in [0.29, 0.717) is 12.2 Å². The van der Waals surface area contributed by atoms with Crippen molar-refractivity contribution in [3.8, 4) is 28.4 Å². The third-order valence-corrected chi connectivity index (χ3v) is 16.0. The number of aromatic nitrogens is 1. The van der Waals surface area contributed by atoms with E-state index >= 15 is 0 Å². The molecule has 0 radical (unpaired) electrons. The molecule has 390 valence electrons. The molecule has 8 rings (SSSR count). The highest BCUT2D eigenvalue weighted by atomic mass is 33.1. The number of carbonyl (C=O) groups excluding carboxylic acids is 2. The van der Waals surface area contributed by atoms with Gasteiger partial charge in [-0.05, 0) is 133 Å². The standard InChI is InChI=1S/C55H60N4O13S2/c1-33(6-4-9-35-7-2-3-8-36(35)10-5-23-57-24-21-34-11-15-39(61)16-12-34)43-28-59-30-54(68)53(72-49(52(66)67)50(64)55(54,31-60)69-32-74-73-29-44(43)38-22-25-58-27-38)70-41-19-20-42-45(26-41)71-48(51(56)65)46(47(42)63)37-13-17-40(62)18-14-37/h2-4,7-9,11-20,22,25-27,31,33,43-44,49-50,53,57-59,61-62,64,68H,5-6,10,21,23-24,28-30,32H2,1H3,(H2,56,65)(H,66,67). The zero-order valence-corrected chi connectivity index (χ0v) is 42.2. The van der Waals surface area contributed by atoms with Crippen LogP contribution in [0.4, 0.5) is 0 Å². The van der Waals surface area contributed by atoms with Crippen molar-refractivity contribution in [2.45, 2.75) is 68.2 Å². The predicted molar refractivity (Wildman–Crippen MR) is 283 cm³/mol. The van der Waals surface area contributed by atoms with Crippen molar-refractivity contribution >= 4 is 56.8 Å². The lowest BCUT2D eigenvalue weighted by Gasteiger charge is -2.53. The number of carboxylic acid groups (broad SMARTS) is 1. The second-order valence-electron chi connectivity index (χ2n) is 18.6. The summed E-state index contributed by atoms with van der Waals surface area (Å²) in [4.78, 5) is 56.0. The van der Waals surface area contributed by atoms with Crippen LogP contribution in [0.3, 0.4) is 0 Å². The van der Waals surface area contributed by atoms with Crippen LogP contribution in [0.5, 0.6) is 17.2 Å². The number of aryl methyl sites for hydroxylation is 1. The fraction of sp³-hybridized carbons (Fsp3) is 0.345. The molecule has 4 aromatic carbocycles. The maximum absolute atomic E-state index is 13.9. The molecule has 2 aromatic heterocycles. The van der Waals surface area contributed by atoms with E-state index in [1.54, 1.807) is 12.1 Å². The van der Waals surface area contributed by atoms with Gasteiger partial charge in [-0.15, -0.1) is 0 Å². The third-order valence-electron chi connectivity index (χ3n) is 13.9. The number of aldehydes is 1. The van der Waals surface area contributed by atoms with Gasteiger partial charge >= 0.3 is 5.97 Å². The molecule has 6 aromatic rings. The molecule has 74 heavy (non-hydrogen) atoms. The van der Waals surface area contributed by atoms with Gasteiger partial charge < -0.3 is 65.5 Å². The Morgan fingerprint density at radius 3 is 2.46 bits per heavy atom. The topological polar surface area (TPSA) is 276 Å². The zero-order valence-electron chi connectivity index (χ0n) is 40.6. The summed E-state index contributed by atoms with van der Waals surface area (Å²) in [6, 6.07) is 27.0. The number of aliphatic hydroxyl groups is 2. The lowest BCUT2D eigenvalue weighted by molar-refractivity contribution is -0.340. The number of hydrogen-bond acceptors (Lipinski definition) is 16. The van der Waals surface area contributed by atoms with E-state index in [9.17, 15) is 44.7 Å². The lowest BCUT2D eigenvalue weighted by Crippen LogP contribution is -2.80. The number of β-amino-alcohol motifs (C(OH)–C–C–N with tert-alkyl or cyclic N) is 1. The summed E-state index contributed by atoms with van der Waals surface area (Å²) in [5, 5.41) is 61.3. The molecule has 4 heterocycles. The number of rotatable bonds is 18. The van der Waals surface area contributed by atoms with Gasteiger partial charge in [0.05, 0.1) is 10.9 Å². The molecule has 0 aliphatic carbocycles. The summed E-state index contributed by atoms with van der Waals surface area (Å²) in [7, 11) is 2.71. The van der Waals surface area contributed by atoms with Crippen molar-refractivity contribution in [2.75, 3.05) is 37.9 Å². The van der Waals surface area contributed by atoms with E-state index in [1.165, 1.54) is 69.6 Å². The van der Waals surface area contributed by atoms with Gasteiger partial charge in [-0.25, -0.2) is 4.79 Å². The maximum Gasteiger partial charge on any atom is 0.335 e. The minimum atomic E-state index is -2.62. The first kappa shape index (κ1) is 53.9. The highest BCUT2D eigenvalue weighted by Crippen LogP contribution is 2.45. The number of allylic oxidation sites excluding steroid dienone is 1. The minimum absolute atomic E-state index is 0.000657. The zero-order chi connectivity index (χ0) is 52.4. The number of ether oxygens (including phenoxy) is 3. The summed E-state index contributed by atoms with van der Waals surface area (Å²) >= 11 is 0. The van der Waals surface area contributed by atoms with Gasteiger partial charge in [0.15, 0.2) is 23.6 Å². The largest absolute Gasteiger partial charge is 0.508 e. The molecule has 8 unspecified atom stereocenters. The number of aliphatic hydroxyl groups excluding tert-OH is 1. The Hall–Kier alpha value is -6.42. The number of primary amides is 1. The molecular formula is C55H60N4O13S2. The molecule has 2 aliphatic heterocycles. The third kappa shape index (κ3) is 11.9. The molecule has 0 bridgehead atoms. The number of aliphatic carboxylic acids is 1. The number of benzene rings is 4. The quantitative estimate of drug-likeness (QED) is 0.0257. The number of nitrogens with one attached hydrogen (secondary N) is 3. The molecule has 1 amide bonds. The Labute approximate surface area is 434 Å². The summed E-state index contributed by atoms with van der Waals surface area (Å²) in [5.41, 5.74) is 4.35. The fourth-order valence-corrected chi connectivity index (χ4v) is 11.9. The van der Waals surface area contributed by atoms with Gasteiger partial charge in [-0.3, -0.25) is 14.4 Å². The van der Waals surface area contributed by atoms with E-state index < -0.39 is 59.3 Å². The second kappa shape index (κ2) is 24.3. The number of amides is 1.